The monoisotopic (exact) mass is 348 g/mol. The van der Waals surface area contributed by atoms with Crippen molar-refractivity contribution in [1.29, 1.82) is 0 Å². The van der Waals surface area contributed by atoms with E-state index in [-0.39, 0.29) is 23.5 Å². The first kappa shape index (κ1) is 19.7. The smallest absolute Gasteiger partial charge is 0.224 e. The number of rotatable bonds is 7. The molecule has 1 amide bonds. The summed E-state index contributed by atoms with van der Waals surface area (Å²) in [5.74, 6) is 0.609. The number of nitrogens with one attached hydrogen (secondary N) is 1. The molecule has 0 saturated carbocycles. The van der Waals surface area contributed by atoms with Gasteiger partial charge in [-0.1, -0.05) is 27.7 Å². The molecule has 0 spiro atoms. The van der Waals surface area contributed by atoms with Crippen LogP contribution in [0.3, 0.4) is 0 Å². The second-order valence-corrected chi connectivity index (χ2v) is 8.35. The summed E-state index contributed by atoms with van der Waals surface area (Å²) in [5, 5.41) is 2.86. The van der Waals surface area contributed by atoms with Crippen LogP contribution in [-0.2, 0) is 28.9 Å². The van der Waals surface area contributed by atoms with E-state index in [1.165, 1.54) is 0 Å². The van der Waals surface area contributed by atoms with Crippen molar-refractivity contribution in [2.24, 2.45) is 11.3 Å². The summed E-state index contributed by atoms with van der Waals surface area (Å²) in [5.41, 5.74) is 3.87. The molecule has 25 heavy (non-hydrogen) atoms. The first-order valence-corrected chi connectivity index (χ1v) is 9.16. The van der Waals surface area contributed by atoms with Gasteiger partial charge in [-0.3, -0.25) is 9.59 Å². The summed E-state index contributed by atoms with van der Waals surface area (Å²) in [4.78, 5) is 25.2. The fourth-order valence-electron chi connectivity index (χ4n) is 3.75. The maximum absolute atomic E-state index is 12.9. The molecule has 1 aliphatic carbocycles. The first-order chi connectivity index (χ1) is 11.7. The van der Waals surface area contributed by atoms with E-state index in [2.05, 4.69) is 37.6 Å². The lowest BCUT2D eigenvalue weighted by Crippen LogP contribution is -2.30. The number of carbonyl (C=O) groups is 2. The van der Waals surface area contributed by atoms with Crippen LogP contribution in [0.1, 0.15) is 61.4 Å². The van der Waals surface area contributed by atoms with Crippen LogP contribution < -0.4 is 5.32 Å². The Morgan fingerprint density at radius 2 is 2.00 bits per heavy atom. The molecule has 5 nitrogen and oxygen atoms in total. The van der Waals surface area contributed by atoms with Crippen LogP contribution in [0.25, 0.3) is 0 Å². The SMILES string of the molecule is COCCNC(=O)Cc1c2c(n(CC(C)C)c1C)CC(C)(C)CC2=O. The highest BCUT2D eigenvalue weighted by Crippen LogP contribution is 2.39. The standard InChI is InChI=1S/C20H32N2O3/c1-13(2)12-22-14(3)15(9-18(24)21-7-8-25-6)19-16(22)10-20(4,5)11-17(19)23/h13H,7-12H2,1-6H3,(H,21,24). The van der Waals surface area contributed by atoms with Crippen LogP contribution in [0.4, 0.5) is 0 Å². The van der Waals surface area contributed by atoms with E-state index >= 15 is 0 Å². The Hall–Kier alpha value is -1.62. The maximum Gasteiger partial charge on any atom is 0.224 e. The van der Waals surface area contributed by atoms with Gasteiger partial charge < -0.3 is 14.6 Å². The Balaban J connectivity index is 2.38. The van der Waals surface area contributed by atoms with E-state index in [0.717, 1.165) is 35.5 Å². The lowest BCUT2D eigenvalue weighted by Gasteiger charge is -2.30. The highest BCUT2D eigenvalue weighted by Gasteiger charge is 2.37. The number of ether oxygens (including phenoxy) is 1. The van der Waals surface area contributed by atoms with Gasteiger partial charge in [0.2, 0.25) is 5.91 Å². The van der Waals surface area contributed by atoms with Crippen LogP contribution in [0.15, 0.2) is 0 Å². The van der Waals surface area contributed by atoms with Gasteiger partial charge in [0.1, 0.15) is 0 Å². The van der Waals surface area contributed by atoms with Gasteiger partial charge in [0.25, 0.3) is 0 Å². The maximum atomic E-state index is 12.9. The largest absolute Gasteiger partial charge is 0.383 e. The number of methoxy groups -OCH3 is 1. The zero-order chi connectivity index (χ0) is 18.8. The molecule has 1 aromatic rings. The van der Waals surface area contributed by atoms with Crippen molar-refractivity contribution in [3.05, 3.63) is 22.5 Å². The molecule has 1 aliphatic rings. The summed E-state index contributed by atoms with van der Waals surface area (Å²) < 4.78 is 7.25. The zero-order valence-electron chi connectivity index (χ0n) is 16.5. The molecule has 0 atom stereocenters. The Bertz CT molecular complexity index is 656. The number of hydrogen-bond donors (Lipinski definition) is 1. The highest BCUT2D eigenvalue weighted by atomic mass is 16.5. The lowest BCUT2D eigenvalue weighted by atomic mass is 9.75. The normalized spacial score (nSPS) is 16.2. The van der Waals surface area contributed by atoms with Gasteiger partial charge >= 0.3 is 0 Å². The number of fused-ring (bicyclic) bond motifs is 1. The second kappa shape index (κ2) is 7.73. The van der Waals surface area contributed by atoms with Crippen LogP contribution in [0, 0.1) is 18.3 Å². The predicted octanol–water partition coefficient (Wildman–Crippen LogP) is 2.91. The Labute approximate surface area is 151 Å². The molecule has 1 aromatic heterocycles. The van der Waals surface area contributed by atoms with Crippen molar-refractivity contribution in [3.63, 3.8) is 0 Å². The van der Waals surface area contributed by atoms with Gasteiger partial charge in [0.15, 0.2) is 5.78 Å². The van der Waals surface area contributed by atoms with Crippen molar-refractivity contribution in [2.75, 3.05) is 20.3 Å². The molecule has 0 aromatic carbocycles. The number of Topliss-reactive ketones (excluding diaryl/α,β-unsaturated/α-hetero) is 1. The molecule has 1 N–H and O–H groups in total. The summed E-state index contributed by atoms with van der Waals surface area (Å²) >= 11 is 0. The molecular weight excluding hydrogens is 316 g/mol. The van der Waals surface area contributed by atoms with Gasteiger partial charge in [-0.25, -0.2) is 0 Å². The Morgan fingerprint density at radius 3 is 2.60 bits per heavy atom. The molecule has 0 saturated heterocycles. The Morgan fingerprint density at radius 1 is 1.32 bits per heavy atom. The fraction of sp³-hybridized carbons (Fsp3) is 0.700. The predicted molar refractivity (Wildman–Crippen MR) is 99.0 cm³/mol. The van der Waals surface area contributed by atoms with E-state index in [4.69, 9.17) is 4.74 Å². The van der Waals surface area contributed by atoms with Crippen molar-refractivity contribution in [3.8, 4) is 0 Å². The lowest BCUT2D eigenvalue weighted by molar-refractivity contribution is -0.120. The van der Waals surface area contributed by atoms with E-state index in [1.54, 1.807) is 7.11 Å². The fourth-order valence-corrected chi connectivity index (χ4v) is 3.75. The van der Waals surface area contributed by atoms with Crippen LogP contribution >= 0.6 is 0 Å². The van der Waals surface area contributed by atoms with Crippen LogP contribution in [0.2, 0.25) is 0 Å². The quantitative estimate of drug-likeness (QED) is 0.771. The van der Waals surface area contributed by atoms with Gasteiger partial charge in [-0.05, 0) is 30.2 Å². The van der Waals surface area contributed by atoms with E-state index in [1.807, 2.05) is 6.92 Å². The number of carbonyl (C=O) groups excluding carboxylic acids is 2. The molecule has 1 heterocycles. The molecule has 140 valence electrons. The summed E-state index contributed by atoms with van der Waals surface area (Å²) in [7, 11) is 1.61. The Kier molecular flexibility index (Phi) is 6.09. The van der Waals surface area contributed by atoms with Gasteiger partial charge in [-0.15, -0.1) is 0 Å². The minimum atomic E-state index is -0.0534. The molecule has 0 bridgehead atoms. The molecule has 0 aliphatic heterocycles. The van der Waals surface area contributed by atoms with Gasteiger partial charge in [0, 0.05) is 43.6 Å². The molecule has 0 radical (unpaired) electrons. The molecule has 0 fully saturated rings. The highest BCUT2D eigenvalue weighted by molar-refractivity contribution is 6.01. The van der Waals surface area contributed by atoms with Gasteiger partial charge in [0.05, 0.1) is 13.0 Å². The summed E-state index contributed by atoms with van der Waals surface area (Å²) in [6, 6.07) is 0. The van der Waals surface area contributed by atoms with Crippen molar-refractivity contribution < 1.29 is 14.3 Å². The second-order valence-electron chi connectivity index (χ2n) is 8.35. The molecule has 5 heteroatoms. The number of amides is 1. The number of nitrogens with zero attached hydrogens (tertiary/aromatic N) is 1. The molecule has 0 unspecified atom stereocenters. The number of aromatic nitrogens is 1. The third kappa shape index (κ3) is 4.51. The van der Waals surface area contributed by atoms with E-state index < -0.39 is 0 Å². The first-order valence-electron chi connectivity index (χ1n) is 9.16. The van der Waals surface area contributed by atoms with Crippen LogP contribution in [0.5, 0.6) is 0 Å². The number of hydrogen-bond acceptors (Lipinski definition) is 3. The van der Waals surface area contributed by atoms with Crippen LogP contribution in [-0.4, -0.2) is 36.5 Å². The van der Waals surface area contributed by atoms with Crippen molar-refractivity contribution in [2.45, 2.75) is 60.4 Å². The van der Waals surface area contributed by atoms with E-state index in [9.17, 15) is 9.59 Å². The number of ketones is 1. The minimum Gasteiger partial charge on any atom is -0.383 e. The minimum absolute atomic E-state index is 0.0262. The zero-order valence-corrected chi connectivity index (χ0v) is 16.5. The van der Waals surface area contributed by atoms with Gasteiger partial charge in [-0.2, -0.15) is 0 Å². The third-order valence-electron chi connectivity index (χ3n) is 4.84. The molecular formula is C20H32N2O3. The summed E-state index contributed by atoms with van der Waals surface area (Å²) in [6.07, 6.45) is 1.69. The molecule has 2 rings (SSSR count). The average Bonchev–Trinajstić information content (AvgIpc) is 2.71. The topological polar surface area (TPSA) is 60.3 Å². The average molecular weight is 348 g/mol. The van der Waals surface area contributed by atoms with E-state index in [0.29, 0.717) is 25.5 Å². The summed E-state index contributed by atoms with van der Waals surface area (Å²) in [6.45, 7) is 12.5. The van der Waals surface area contributed by atoms with Crippen molar-refractivity contribution in [1.82, 2.24) is 9.88 Å². The third-order valence-corrected chi connectivity index (χ3v) is 4.84. The van der Waals surface area contributed by atoms with Crippen molar-refractivity contribution >= 4 is 11.7 Å².